The van der Waals surface area contributed by atoms with Crippen LogP contribution < -0.4 is 4.90 Å². The molecule has 0 bridgehead atoms. The fraction of sp³-hybridized carbons (Fsp3) is 0.0333. The topological polar surface area (TPSA) is 3.24 Å². The maximum atomic E-state index is 2.47. The Kier molecular flexibility index (Phi) is 7.21. The molecule has 1 nitrogen and oxygen atoms in total. The molecule has 11 aromatic carbocycles. The van der Waals surface area contributed by atoms with E-state index in [4.69, 9.17) is 0 Å². The fourth-order valence-electron chi connectivity index (χ4n) is 10.3. The average molecular weight is 774 g/mol. The van der Waals surface area contributed by atoms with Crippen molar-refractivity contribution in [2.75, 3.05) is 4.90 Å². The van der Waals surface area contributed by atoms with Crippen molar-refractivity contribution in [3.8, 4) is 66.8 Å². The van der Waals surface area contributed by atoms with Crippen LogP contribution in [-0.4, -0.2) is 0 Å². The Bertz CT molecular complexity index is 3410. The Morgan fingerprint density at radius 2 is 0.574 bits per heavy atom. The number of anilines is 3. The van der Waals surface area contributed by atoms with Gasteiger partial charge in [-0.3, -0.25) is 0 Å². The quantitative estimate of drug-likeness (QED) is 0.168. The van der Waals surface area contributed by atoms with Gasteiger partial charge in [-0.05, 0) is 220 Å². The van der Waals surface area contributed by atoms with Gasteiger partial charge >= 0.3 is 0 Å². The van der Waals surface area contributed by atoms with Crippen LogP contribution in [0.5, 0.6) is 0 Å². The zero-order valence-corrected chi connectivity index (χ0v) is 34.0. The monoisotopic (exact) mass is 773 g/mol. The average Bonchev–Trinajstić information content (AvgIpc) is 3.30. The first-order valence-corrected chi connectivity index (χ1v) is 21.3. The number of rotatable bonds is 5. The van der Waals surface area contributed by atoms with Crippen LogP contribution in [0.2, 0.25) is 0 Å². The number of aryl methyl sites for hydroxylation is 2. The van der Waals surface area contributed by atoms with Gasteiger partial charge in [-0.2, -0.15) is 0 Å². The lowest BCUT2D eigenvalue weighted by Crippen LogP contribution is -2.13. The first kappa shape index (κ1) is 34.2. The molecule has 2 aliphatic carbocycles. The van der Waals surface area contributed by atoms with Crippen molar-refractivity contribution in [3.63, 3.8) is 0 Å². The van der Waals surface area contributed by atoms with Gasteiger partial charge in [0.2, 0.25) is 0 Å². The largest absolute Gasteiger partial charge is 0.310 e. The molecule has 61 heavy (non-hydrogen) atoms. The lowest BCUT2D eigenvalue weighted by molar-refractivity contribution is 1.22. The molecular formula is C60H39N. The highest BCUT2D eigenvalue weighted by Crippen LogP contribution is 2.53. The first-order valence-electron chi connectivity index (χ1n) is 21.3. The predicted octanol–water partition coefficient (Wildman–Crippen LogP) is 17.0. The Hall–Kier alpha value is -7.74. The van der Waals surface area contributed by atoms with Crippen LogP contribution in [0.4, 0.5) is 17.1 Å². The maximum Gasteiger partial charge on any atom is 0.0519 e. The predicted molar refractivity (Wildman–Crippen MR) is 260 cm³/mol. The third kappa shape index (κ3) is 5.27. The highest BCUT2D eigenvalue weighted by atomic mass is 15.1. The van der Waals surface area contributed by atoms with Crippen LogP contribution >= 0.6 is 0 Å². The first-order chi connectivity index (χ1) is 30.0. The van der Waals surface area contributed by atoms with E-state index in [1.807, 2.05) is 0 Å². The zero-order valence-electron chi connectivity index (χ0n) is 34.0. The summed E-state index contributed by atoms with van der Waals surface area (Å²) in [5.74, 6) is 0. The number of para-hydroxylation sites is 1. The Morgan fingerprint density at radius 1 is 0.246 bits per heavy atom. The van der Waals surface area contributed by atoms with Crippen molar-refractivity contribution in [2.45, 2.75) is 13.8 Å². The summed E-state index contributed by atoms with van der Waals surface area (Å²) in [4.78, 5) is 2.47. The van der Waals surface area contributed by atoms with Crippen molar-refractivity contribution < 1.29 is 0 Å². The lowest BCUT2D eigenvalue weighted by atomic mass is 9.77. The van der Waals surface area contributed by atoms with E-state index in [1.165, 1.54) is 127 Å². The molecule has 13 rings (SSSR count). The van der Waals surface area contributed by atoms with Crippen molar-refractivity contribution >= 4 is 60.2 Å². The maximum absolute atomic E-state index is 2.47. The van der Waals surface area contributed by atoms with Crippen LogP contribution in [0.3, 0.4) is 0 Å². The third-order valence-corrected chi connectivity index (χ3v) is 13.4. The molecule has 0 fully saturated rings. The second-order valence-electron chi connectivity index (χ2n) is 17.1. The van der Waals surface area contributed by atoms with E-state index < -0.39 is 0 Å². The highest BCUT2D eigenvalue weighted by Gasteiger charge is 2.27. The summed E-state index contributed by atoms with van der Waals surface area (Å²) in [6.07, 6.45) is 0. The minimum atomic E-state index is 1.16. The van der Waals surface area contributed by atoms with E-state index in [9.17, 15) is 0 Å². The summed E-state index contributed by atoms with van der Waals surface area (Å²) in [5, 5.41) is 10.1. The van der Waals surface area contributed by atoms with Gasteiger partial charge in [-0.15, -0.1) is 0 Å². The second-order valence-corrected chi connectivity index (χ2v) is 17.1. The minimum Gasteiger partial charge on any atom is -0.310 e. The van der Waals surface area contributed by atoms with Gasteiger partial charge in [0.05, 0.1) is 5.69 Å². The van der Waals surface area contributed by atoms with Crippen LogP contribution in [0.25, 0.3) is 110 Å². The molecule has 0 radical (unpaired) electrons. The van der Waals surface area contributed by atoms with Gasteiger partial charge < -0.3 is 4.90 Å². The molecule has 0 saturated carbocycles. The molecule has 1 heteroatoms. The van der Waals surface area contributed by atoms with Gasteiger partial charge in [-0.1, -0.05) is 115 Å². The summed E-state index contributed by atoms with van der Waals surface area (Å²) in [6, 6.07) is 74.8. The zero-order chi connectivity index (χ0) is 40.3. The molecule has 0 aliphatic heterocycles. The van der Waals surface area contributed by atoms with E-state index >= 15 is 0 Å². The number of fused-ring (bicyclic) bond motifs is 12. The summed E-state index contributed by atoms with van der Waals surface area (Å²) in [5.41, 5.74) is 21.7. The van der Waals surface area contributed by atoms with Crippen LogP contribution in [0, 0.1) is 13.8 Å². The van der Waals surface area contributed by atoms with Gasteiger partial charge in [-0.25, -0.2) is 0 Å². The van der Waals surface area contributed by atoms with Gasteiger partial charge in [0.15, 0.2) is 0 Å². The van der Waals surface area contributed by atoms with Gasteiger partial charge in [0, 0.05) is 11.4 Å². The Morgan fingerprint density at radius 3 is 0.951 bits per heavy atom. The smallest absolute Gasteiger partial charge is 0.0519 e. The number of nitrogens with zero attached hydrogens (tertiary/aromatic N) is 1. The van der Waals surface area contributed by atoms with Crippen molar-refractivity contribution in [3.05, 3.63) is 211 Å². The molecule has 0 saturated heterocycles. The van der Waals surface area contributed by atoms with Crippen molar-refractivity contribution in [2.24, 2.45) is 0 Å². The summed E-state index contributed by atoms with van der Waals surface area (Å²) in [7, 11) is 0. The molecule has 0 N–H and O–H groups in total. The molecule has 0 atom stereocenters. The molecule has 0 heterocycles. The molecule has 2 aliphatic rings. The van der Waals surface area contributed by atoms with Crippen LogP contribution in [0.15, 0.2) is 200 Å². The van der Waals surface area contributed by atoms with Crippen LogP contribution in [-0.2, 0) is 0 Å². The standard InChI is InChI=1S/C60H39N/c1-36-10-9-11-37(2)60(36)61(50-22-20-44-30-54-52-28-42-18-16-40(38-12-5-3-6-13-38)24-46(42)32-56(52)58(54)34-48(44)26-50)51-23-21-45-31-55-53-29-43-19-17-41(39-14-7-4-8-15-39)25-47(43)33-57(53)59(55)35-49(45)27-51/h3-35H,1-2H3. The SMILES string of the molecule is Cc1cccc(C)c1N(c1ccc2cc3c(cc2c1)-c1cc2cc(-c4ccccc4)ccc2cc1-3)c1ccc2cc3c(cc2c1)-c1cc2cc(-c4ccccc4)ccc2cc1-3. The van der Waals surface area contributed by atoms with E-state index in [0.29, 0.717) is 0 Å². The molecule has 284 valence electrons. The number of benzene rings is 11. The molecule has 0 spiro atoms. The minimum absolute atomic E-state index is 1.16. The molecule has 0 aromatic heterocycles. The molecular weight excluding hydrogens is 735 g/mol. The third-order valence-electron chi connectivity index (χ3n) is 13.4. The van der Waals surface area contributed by atoms with E-state index in [-0.39, 0.29) is 0 Å². The van der Waals surface area contributed by atoms with Crippen LogP contribution in [0.1, 0.15) is 11.1 Å². The summed E-state index contributed by atoms with van der Waals surface area (Å²) < 4.78 is 0. The van der Waals surface area contributed by atoms with E-state index in [0.717, 1.165) is 11.4 Å². The lowest BCUT2D eigenvalue weighted by Gasteiger charge is -2.30. The number of hydrogen-bond acceptors (Lipinski definition) is 1. The summed E-state index contributed by atoms with van der Waals surface area (Å²) >= 11 is 0. The second kappa shape index (κ2) is 12.9. The molecule has 11 aromatic rings. The van der Waals surface area contributed by atoms with Gasteiger partial charge in [0.25, 0.3) is 0 Å². The van der Waals surface area contributed by atoms with E-state index in [1.54, 1.807) is 0 Å². The summed E-state index contributed by atoms with van der Waals surface area (Å²) in [6.45, 7) is 4.47. The van der Waals surface area contributed by atoms with Gasteiger partial charge in [0.1, 0.15) is 0 Å². The number of hydrogen-bond donors (Lipinski definition) is 0. The van der Waals surface area contributed by atoms with Crippen molar-refractivity contribution in [1.82, 2.24) is 0 Å². The normalized spacial score (nSPS) is 12.1. The highest BCUT2D eigenvalue weighted by molar-refractivity contribution is 6.14. The Balaban J connectivity index is 0.902. The van der Waals surface area contributed by atoms with E-state index in [2.05, 4.69) is 219 Å². The fourth-order valence-corrected chi connectivity index (χ4v) is 10.3. The molecule has 0 unspecified atom stereocenters. The Labute approximate surface area is 355 Å². The van der Waals surface area contributed by atoms with Crippen molar-refractivity contribution in [1.29, 1.82) is 0 Å². The molecule has 0 amide bonds.